The van der Waals surface area contributed by atoms with Gasteiger partial charge in [-0.15, -0.1) is 0 Å². The zero-order chi connectivity index (χ0) is 18.3. The topological polar surface area (TPSA) is 129 Å². The molecule has 0 aliphatic carbocycles. The first-order chi connectivity index (χ1) is 11.3. The first-order valence-electron chi connectivity index (χ1n) is 5.97. The summed E-state index contributed by atoms with van der Waals surface area (Å²) in [5.41, 5.74) is -1.29. The van der Waals surface area contributed by atoms with Crippen LogP contribution in [0.4, 0.5) is 20.2 Å². The quantitative estimate of drug-likeness (QED) is 0.476. The van der Waals surface area contributed by atoms with E-state index in [1.165, 1.54) is 6.08 Å². The van der Waals surface area contributed by atoms with E-state index in [0.717, 1.165) is 18.5 Å². The molecule has 0 saturated heterocycles. The molecule has 9 nitrogen and oxygen atoms in total. The van der Waals surface area contributed by atoms with Crippen LogP contribution in [0.1, 0.15) is 16.2 Å². The number of hydrogen-bond donors (Lipinski definition) is 0. The molecule has 0 amide bonds. The van der Waals surface area contributed by atoms with Crippen molar-refractivity contribution in [2.75, 3.05) is 0 Å². The van der Waals surface area contributed by atoms with E-state index < -0.39 is 27.2 Å². The fourth-order valence-electron chi connectivity index (χ4n) is 1.42. The normalized spacial score (nSPS) is 9.42. The lowest BCUT2D eigenvalue weighted by molar-refractivity contribution is -0.385. The molecule has 2 aromatic heterocycles. The average Bonchev–Trinajstić information content (AvgIpc) is 2.55. The number of hydrogen-bond acceptors (Lipinski definition) is 7. The van der Waals surface area contributed by atoms with Crippen molar-refractivity contribution in [3.63, 3.8) is 0 Å². The summed E-state index contributed by atoms with van der Waals surface area (Å²) in [6.07, 6.45) is 3.07. The third-order valence-corrected chi connectivity index (χ3v) is 2.43. The summed E-state index contributed by atoms with van der Waals surface area (Å²) in [6.45, 7) is 3.31. The minimum Gasteiger partial charge on any atom is -0.296 e. The number of aldehydes is 1. The zero-order valence-corrected chi connectivity index (χ0v) is 11.8. The predicted molar refractivity (Wildman–Crippen MR) is 77.2 cm³/mol. The lowest BCUT2D eigenvalue weighted by Crippen LogP contribution is -1.97. The van der Waals surface area contributed by atoms with Crippen LogP contribution in [0, 0.1) is 31.9 Å². The van der Waals surface area contributed by atoms with Crippen molar-refractivity contribution in [1.82, 2.24) is 9.97 Å². The summed E-state index contributed by atoms with van der Waals surface area (Å²) in [7, 11) is 0. The largest absolute Gasteiger partial charge is 0.301 e. The van der Waals surface area contributed by atoms with E-state index in [1.807, 2.05) is 0 Å². The second-order valence-electron chi connectivity index (χ2n) is 3.95. The van der Waals surface area contributed by atoms with Crippen molar-refractivity contribution >= 4 is 23.7 Å². The van der Waals surface area contributed by atoms with Gasteiger partial charge in [0.05, 0.1) is 34.4 Å². The molecule has 2 aromatic rings. The smallest absolute Gasteiger partial charge is 0.296 e. The van der Waals surface area contributed by atoms with E-state index in [1.54, 1.807) is 0 Å². The van der Waals surface area contributed by atoms with Crippen LogP contribution in [0.3, 0.4) is 0 Å². The van der Waals surface area contributed by atoms with Gasteiger partial charge >= 0.3 is 5.69 Å². The van der Waals surface area contributed by atoms with Gasteiger partial charge in [-0.25, -0.2) is 18.7 Å². The highest BCUT2D eigenvalue weighted by molar-refractivity contribution is 5.78. The third kappa shape index (κ3) is 4.69. The van der Waals surface area contributed by atoms with Gasteiger partial charge in [0.15, 0.2) is 12.0 Å². The summed E-state index contributed by atoms with van der Waals surface area (Å²) in [5.74, 6) is -1.57. The molecule has 0 radical (unpaired) electrons. The van der Waals surface area contributed by atoms with Crippen molar-refractivity contribution in [3.05, 3.63) is 74.4 Å². The average molecular weight is 338 g/mol. The number of rotatable bonds is 4. The van der Waals surface area contributed by atoms with Gasteiger partial charge in [-0.2, -0.15) is 0 Å². The summed E-state index contributed by atoms with van der Waals surface area (Å²) in [5, 5.41) is 20.5. The van der Waals surface area contributed by atoms with Crippen LogP contribution in [0.25, 0.3) is 6.08 Å². The molecule has 0 N–H and O–H groups in total. The Bertz CT molecular complexity index is 745. The van der Waals surface area contributed by atoms with Crippen LogP contribution in [-0.4, -0.2) is 26.1 Å². The molecule has 24 heavy (non-hydrogen) atoms. The maximum Gasteiger partial charge on any atom is 0.301 e. The third-order valence-electron chi connectivity index (χ3n) is 2.43. The molecule has 0 bridgehead atoms. The van der Waals surface area contributed by atoms with Crippen molar-refractivity contribution < 1.29 is 23.4 Å². The van der Waals surface area contributed by atoms with Gasteiger partial charge in [-0.1, -0.05) is 6.58 Å². The predicted octanol–water partition coefficient (Wildman–Crippen LogP) is 2.71. The molecule has 0 spiro atoms. The second-order valence-corrected chi connectivity index (χ2v) is 3.95. The Balaban J connectivity index is 0.000000240. The van der Waals surface area contributed by atoms with Crippen molar-refractivity contribution in [2.45, 2.75) is 0 Å². The van der Waals surface area contributed by atoms with Crippen molar-refractivity contribution in [2.24, 2.45) is 0 Å². The van der Waals surface area contributed by atoms with E-state index in [2.05, 4.69) is 16.5 Å². The summed E-state index contributed by atoms with van der Waals surface area (Å²) < 4.78 is 24.8. The Labute approximate surface area is 132 Å². The summed E-state index contributed by atoms with van der Waals surface area (Å²) in [4.78, 5) is 35.8. The van der Waals surface area contributed by atoms with E-state index in [0.29, 0.717) is 6.07 Å². The Morgan fingerprint density at radius 1 is 0.958 bits per heavy atom. The van der Waals surface area contributed by atoms with Crippen LogP contribution >= 0.6 is 0 Å². The molecule has 2 heterocycles. The van der Waals surface area contributed by atoms with Crippen molar-refractivity contribution in [3.8, 4) is 0 Å². The molecule has 0 aliphatic rings. The molecule has 2 rings (SSSR count). The first-order valence-corrected chi connectivity index (χ1v) is 5.97. The molecule has 11 heteroatoms. The number of halogens is 2. The van der Waals surface area contributed by atoms with Gasteiger partial charge < -0.3 is 0 Å². The van der Waals surface area contributed by atoms with Crippen LogP contribution in [0.2, 0.25) is 0 Å². The lowest BCUT2D eigenvalue weighted by Gasteiger charge is -1.94. The highest BCUT2D eigenvalue weighted by Crippen LogP contribution is 2.17. The molecule has 0 fully saturated rings. The van der Waals surface area contributed by atoms with Crippen molar-refractivity contribution in [1.29, 1.82) is 0 Å². The van der Waals surface area contributed by atoms with E-state index in [4.69, 9.17) is 0 Å². The number of carbonyl (C=O) groups excluding carboxylic acids is 1. The molecular formula is C13H8F2N4O5. The fourth-order valence-corrected chi connectivity index (χ4v) is 1.42. The maximum atomic E-state index is 12.4. The summed E-state index contributed by atoms with van der Waals surface area (Å²) >= 11 is 0. The lowest BCUT2D eigenvalue weighted by atomic mass is 10.3. The molecule has 0 aromatic carbocycles. The highest BCUT2D eigenvalue weighted by Gasteiger charge is 2.15. The molecular weight excluding hydrogens is 330 g/mol. The Morgan fingerprint density at radius 3 is 1.75 bits per heavy atom. The molecule has 0 saturated carbocycles. The van der Waals surface area contributed by atoms with E-state index in [-0.39, 0.29) is 23.4 Å². The van der Waals surface area contributed by atoms with Gasteiger partial charge in [0.2, 0.25) is 0 Å². The van der Waals surface area contributed by atoms with Crippen LogP contribution < -0.4 is 0 Å². The minimum absolute atomic E-state index is 0.0707. The van der Waals surface area contributed by atoms with E-state index >= 15 is 0 Å². The number of pyridine rings is 2. The Kier molecular flexibility index (Phi) is 6.23. The molecule has 0 unspecified atom stereocenters. The molecule has 124 valence electrons. The number of aromatic nitrogens is 2. The first kappa shape index (κ1) is 18.4. The Morgan fingerprint density at radius 2 is 1.38 bits per heavy atom. The van der Waals surface area contributed by atoms with Gasteiger partial charge in [0.1, 0.15) is 17.3 Å². The van der Waals surface area contributed by atoms with Crippen LogP contribution in [0.5, 0.6) is 0 Å². The summed E-state index contributed by atoms with van der Waals surface area (Å²) in [6, 6.07) is 1.46. The Hall–Kier alpha value is -3.63. The number of nitro groups is 2. The number of nitrogens with zero attached hydrogens (tertiary/aromatic N) is 4. The minimum atomic E-state index is -0.861. The van der Waals surface area contributed by atoms with E-state index in [9.17, 15) is 33.8 Å². The standard InChI is InChI=1S/C7H5FN2O2.C6H3FN2O3/c1-2-6-7(10(11)12)3-5(8)4-9-6;7-4-1-6(9(11)12)5(3-10)8-2-4/h2-4H,1H2;1-3H. The van der Waals surface area contributed by atoms with Gasteiger partial charge in [-0.3, -0.25) is 25.0 Å². The molecule has 0 aliphatic heterocycles. The SMILES string of the molecule is C=Cc1ncc(F)cc1[N+](=O)[O-].O=Cc1ncc(F)cc1[N+](=O)[O-]. The van der Waals surface area contributed by atoms with Crippen LogP contribution in [0.15, 0.2) is 31.1 Å². The zero-order valence-electron chi connectivity index (χ0n) is 11.8. The number of carbonyl (C=O) groups is 1. The van der Waals surface area contributed by atoms with Gasteiger partial charge in [0.25, 0.3) is 5.69 Å². The maximum absolute atomic E-state index is 12.4. The van der Waals surface area contributed by atoms with Crippen LogP contribution in [-0.2, 0) is 0 Å². The van der Waals surface area contributed by atoms with Gasteiger partial charge in [-0.05, 0) is 6.08 Å². The van der Waals surface area contributed by atoms with Gasteiger partial charge in [0, 0.05) is 0 Å². The monoisotopic (exact) mass is 338 g/mol. The highest BCUT2D eigenvalue weighted by atomic mass is 19.1. The fraction of sp³-hybridized carbons (Fsp3) is 0. The second kappa shape index (κ2) is 8.12. The molecule has 0 atom stereocenters.